The minimum absolute atomic E-state index is 0.442. The van der Waals surface area contributed by atoms with Crippen LogP contribution in [0.15, 0.2) is 18.2 Å². The summed E-state index contributed by atoms with van der Waals surface area (Å²) in [6.45, 7) is 2.50. The summed E-state index contributed by atoms with van der Waals surface area (Å²) in [5.41, 5.74) is 1.06. The first-order valence-electron chi connectivity index (χ1n) is 5.24. The van der Waals surface area contributed by atoms with Gasteiger partial charge < -0.3 is 9.64 Å². The summed E-state index contributed by atoms with van der Waals surface area (Å²) < 4.78 is 5.18. The van der Waals surface area contributed by atoms with E-state index in [-0.39, 0.29) is 0 Å². The lowest BCUT2D eigenvalue weighted by Gasteiger charge is -2.17. The molecule has 0 unspecified atom stereocenters. The summed E-state index contributed by atoms with van der Waals surface area (Å²) >= 11 is 0. The van der Waals surface area contributed by atoms with Crippen molar-refractivity contribution in [2.75, 3.05) is 18.6 Å². The fourth-order valence-corrected chi connectivity index (χ4v) is 1.92. The number of ether oxygens (including phenoxy) is 1. The van der Waals surface area contributed by atoms with Crippen LogP contribution >= 0.6 is 0 Å². The van der Waals surface area contributed by atoms with Crippen LogP contribution in [0.2, 0.25) is 0 Å². The van der Waals surface area contributed by atoms with Crippen LogP contribution in [-0.4, -0.2) is 25.3 Å². The van der Waals surface area contributed by atoms with Crippen LogP contribution in [0.5, 0.6) is 5.75 Å². The number of carbonyl (C=O) groups excluding carboxylic acids is 2. The van der Waals surface area contributed by atoms with E-state index in [4.69, 9.17) is 4.74 Å². The molecule has 0 fully saturated rings. The Bertz CT molecular complexity index is 454. The van der Waals surface area contributed by atoms with Gasteiger partial charge in [0.2, 0.25) is 0 Å². The number of methoxy groups -OCH3 is 1. The zero-order chi connectivity index (χ0) is 11.7. The van der Waals surface area contributed by atoms with E-state index < -0.39 is 11.7 Å². The molecular formula is C12H13NO3. The van der Waals surface area contributed by atoms with Crippen molar-refractivity contribution in [3.8, 4) is 5.75 Å². The molecule has 4 heteroatoms. The molecule has 1 aliphatic rings. The molecule has 1 aromatic carbocycles. The smallest absolute Gasteiger partial charge is 0.299 e. The Balaban J connectivity index is 2.57. The van der Waals surface area contributed by atoms with Gasteiger partial charge in [-0.25, -0.2) is 0 Å². The number of ketones is 1. The predicted octanol–water partition coefficient (Wildman–Crippen LogP) is 1.63. The van der Waals surface area contributed by atoms with Crippen molar-refractivity contribution in [1.29, 1.82) is 0 Å². The average Bonchev–Trinajstić information content (AvgIpc) is 2.55. The topological polar surface area (TPSA) is 46.6 Å². The second-order valence-electron chi connectivity index (χ2n) is 3.64. The highest BCUT2D eigenvalue weighted by molar-refractivity contribution is 6.52. The molecule has 0 spiro atoms. The van der Waals surface area contributed by atoms with Crippen molar-refractivity contribution in [3.63, 3.8) is 0 Å². The maximum atomic E-state index is 11.7. The van der Waals surface area contributed by atoms with Gasteiger partial charge in [-0.05, 0) is 18.6 Å². The first kappa shape index (κ1) is 10.7. The first-order chi connectivity index (χ1) is 7.70. The third kappa shape index (κ3) is 1.38. The lowest BCUT2D eigenvalue weighted by molar-refractivity contribution is -0.114. The molecule has 0 aliphatic carbocycles. The SMILES string of the molecule is CCCN1C(=O)C(=O)c2cccc(OC)c21. The number of Topliss-reactive ketones (excluding diaryl/α,β-unsaturated/α-hetero) is 1. The van der Waals surface area contributed by atoms with Gasteiger partial charge in [0.1, 0.15) is 5.75 Å². The quantitative estimate of drug-likeness (QED) is 0.726. The summed E-state index contributed by atoms with van der Waals surface area (Å²) in [4.78, 5) is 24.9. The van der Waals surface area contributed by atoms with Gasteiger partial charge in [0.25, 0.3) is 11.7 Å². The fourth-order valence-electron chi connectivity index (χ4n) is 1.92. The molecule has 0 bridgehead atoms. The molecule has 1 heterocycles. The van der Waals surface area contributed by atoms with Crippen molar-refractivity contribution in [2.24, 2.45) is 0 Å². The number of benzene rings is 1. The zero-order valence-electron chi connectivity index (χ0n) is 9.32. The molecule has 0 aromatic heterocycles. The summed E-state index contributed by atoms with van der Waals surface area (Å²) in [6.07, 6.45) is 0.802. The summed E-state index contributed by atoms with van der Waals surface area (Å²) in [6, 6.07) is 5.14. The molecule has 0 saturated heterocycles. The van der Waals surface area contributed by atoms with Crippen molar-refractivity contribution < 1.29 is 14.3 Å². The Morgan fingerprint density at radius 3 is 2.69 bits per heavy atom. The van der Waals surface area contributed by atoms with Crippen LogP contribution in [-0.2, 0) is 4.79 Å². The highest BCUT2D eigenvalue weighted by Gasteiger charge is 2.37. The number of nitrogens with zero attached hydrogens (tertiary/aromatic N) is 1. The molecule has 1 aromatic rings. The number of fused-ring (bicyclic) bond motifs is 1. The molecular weight excluding hydrogens is 206 g/mol. The van der Waals surface area contributed by atoms with Crippen LogP contribution in [0.25, 0.3) is 0 Å². The average molecular weight is 219 g/mol. The van der Waals surface area contributed by atoms with Crippen LogP contribution < -0.4 is 9.64 Å². The largest absolute Gasteiger partial charge is 0.495 e. The predicted molar refractivity (Wildman–Crippen MR) is 60.0 cm³/mol. The van der Waals surface area contributed by atoms with Crippen LogP contribution in [0.4, 0.5) is 5.69 Å². The number of hydrogen-bond acceptors (Lipinski definition) is 3. The van der Waals surface area contributed by atoms with E-state index in [0.717, 1.165) is 6.42 Å². The van der Waals surface area contributed by atoms with E-state index in [1.165, 1.54) is 12.0 Å². The molecule has 0 saturated carbocycles. The van der Waals surface area contributed by atoms with Gasteiger partial charge in [0.15, 0.2) is 0 Å². The van der Waals surface area contributed by atoms with E-state index >= 15 is 0 Å². The maximum Gasteiger partial charge on any atom is 0.299 e. The summed E-state index contributed by atoms with van der Waals surface area (Å²) in [5, 5.41) is 0. The van der Waals surface area contributed by atoms with E-state index in [0.29, 0.717) is 23.5 Å². The Morgan fingerprint density at radius 1 is 1.31 bits per heavy atom. The number of hydrogen-bond donors (Lipinski definition) is 0. The lowest BCUT2D eigenvalue weighted by atomic mass is 10.1. The van der Waals surface area contributed by atoms with Crippen LogP contribution in [0, 0.1) is 0 Å². The maximum absolute atomic E-state index is 11.7. The normalized spacial score (nSPS) is 14.2. The molecule has 1 amide bonds. The minimum atomic E-state index is -0.457. The standard InChI is InChI=1S/C12H13NO3/c1-3-7-13-10-8(11(14)12(13)15)5-4-6-9(10)16-2/h4-6H,3,7H2,1-2H3. The van der Waals surface area contributed by atoms with Gasteiger partial charge in [-0.15, -0.1) is 0 Å². The van der Waals surface area contributed by atoms with Gasteiger partial charge in [-0.1, -0.05) is 13.0 Å². The molecule has 16 heavy (non-hydrogen) atoms. The van der Waals surface area contributed by atoms with Gasteiger partial charge in [0.05, 0.1) is 18.4 Å². The van der Waals surface area contributed by atoms with E-state index in [9.17, 15) is 9.59 Å². The van der Waals surface area contributed by atoms with Crippen molar-refractivity contribution in [3.05, 3.63) is 23.8 Å². The molecule has 0 N–H and O–H groups in total. The second-order valence-corrected chi connectivity index (χ2v) is 3.64. The van der Waals surface area contributed by atoms with Crippen LogP contribution in [0.1, 0.15) is 23.7 Å². The number of anilines is 1. The van der Waals surface area contributed by atoms with Crippen molar-refractivity contribution in [2.45, 2.75) is 13.3 Å². The minimum Gasteiger partial charge on any atom is -0.495 e. The van der Waals surface area contributed by atoms with Gasteiger partial charge in [-0.3, -0.25) is 9.59 Å². The molecule has 0 radical (unpaired) electrons. The zero-order valence-corrected chi connectivity index (χ0v) is 9.32. The Morgan fingerprint density at radius 2 is 2.06 bits per heavy atom. The van der Waals surface area contributed by atoms with E-state index in [1.54, 1.807) is 18.2 Å². The van der Waals surface area contributed by atoms with Gasteiger partial charge >= 0.3 is 0 Å². The Hall–Kier alpha value is -1.84. The van der Waals surface area contributed by atoms with E-state index in [2.05, 4.69) is 0 Å². The number of carbonyl (C=O) groups is 2. The fraction of sp³-hybridized carbons (Fsp3) is 0.333. The monoisotopic (exact) mass is 219 g/mol. The Kier molecular flexibility index (Phi) is 2.64. The number of amides is 1. The summed E-state index contributed by atoms with van der Waals surface area (Å²) in [5.74, 6) is -0.325. The van der Waals surface area contributed by atoms with Crippen molar-refractivity contribution in [1.82, 2.24) is 0 Å². The summed E-state index contributed by atoms with van der Waals surface area (Å²) in [7, 11) is 1.53. The molecule has 2 rings (SSSR count). The van der Waals surface area contributed by atoms with Crippen LogP contribution in [0.3, 0.4) is 0 Å². The second kappa shape index (κ2) is 3.96. The van der Waals surface area contributed by atoms with E-state index in [1.807, 2.05) is 6.92 Å². The van der Waals surface area contributed by atoms with Gasteiger partial charge in [0, 0.05) is 6.54 Å². The third-order valence-corrected chi connectivity index (χ3v) is 2.62. The lowest BCUT2D eigenvalue weighted by Crippen LogP contribution is -2.30. The van der Waals surface area contributed by atoms with Gasteiger partial charge in [-0.2, -0.15) is 0 Å². The Labute approximate surface area is 93.8 Å². The highest BCUT2D eigenvalue weighted by Crippen LogP contribution is 2.37. The highest BCUT2D eigenvalue weighted by atomic mass is 16.5. The molecule has 1 aliphatic heterocycles. The molecule has 4 nitrogen and oxygen atoms in total. The molecule has 0 atom stereocenters. The third-order valence-electron chi connectivity index (χ3n) is 2.62. The number of para-hydroxylation sites is 1. The van der Waals surface area contributed by atoms with Crippen molar-refractivity contribution >= 4 is 17.4 Å². The number of rotatable bonds is 3. The first-order valence-corrected chi connectivity index (χ1v) is 5.24. The molecule has 84 valence electrons.